The van der Waals surface area contributed by atoms with Crippen molar-refractivity contribution in [2.45, 2.75) is 18.7 Å². The summed E-state index contributed by atoms with van der Waals surface area (Å²) in [6, 6.07) is 10.6. The zero-order valence-corrected chi connectivity index (χ0v) is 20.6. The Bertz CT molecular complexity index is 1330. The monoisotopic (exact) mass is 497 g/mol. The number of carbonyl (C=O) groups is 1. The van der Waals surface area contributed by atoms with Crippen molar-refractivity contribution in [3.8, 4) is 5.75 Å². The maximum absolute atomic E-state index is 13.5. The fraction of sp³-hybridized carbons (Fsp3) is 0.292. The minimum Gasteiger partial charge on any atom is -0.495 e. The highest BCUT2D eigenvalue weighted by Crippen LogP contribution is 2.30. The molecular weight excluding hydrogens is 470 g/mol. The van der Waals surface area contributed by atoms with Crippen molar-refractivity contribution in [1.82, 2.24) is 14.4 Å². The van der Waals surface area contributed by atoms with Gasteiger partial charge in [0.1, 0.15) is 27.8 Å². The average Bonchev–Trinajstić information content (AvgIpc) is 3.21. The van der Waals surface area contributed by atoms with Crippen LogP contribution in [0.1, 0.15) is 23.9 Å². The number of methoxy groups -OCH3 is 1. The van der Waals surface area contributed by atoms with Gasteiger partial charge < -0.3 is 19.5 Å². The number of hydrogen-bond acceptors (Lipinski definition) is 8. The molecule has 3 aromatic rings. The van der Waals surface area contributed by atoms with Crippen molar-refractivity contribution in [3.63, 3.8) is 0 Å². The van der Waals surface area contributed by atoms with Gasteiger partial charge in [-0.25, -0.2) is 13.4 Å². The largest absolute Gasteiger partial charge is 0.495 e. The van der Waals surface area contributed by atoms with Gasteiger partial charge in [0.15, 0.2) is 5.76 Å². The first-order valence-electron chi connectivity index (χ1n) is 11.1. The summed E-state index contributed by atoms with van der Waals surface area (Å²) in [5, 5.41) is 6.58. The molecule has 3 heterocycles. The Kier molecular flexibility index (Phi) is 7.17. The van der Waals surface area contributed by atoms with E-state index in [0.29, 0.717) is 48.9 Å². The Balaban J connectivity index is 1.56. The van der Waals surface area contributed by atoms with Crippen molar-refractivity contribution in [2.24, 2.45) is 0 Å². The smallest absolute Gasteiger partial charge is 0.246 e. The summed E-state index contributed by atoms with van der Waals surface area (Å²) in [5.41, 5.74) is 1.64. The van der Waals surface area contributed by atoms with Crippen LogP contribution < -0.4 is 15.0 Å². The van der Waals surface area contributed by atoms with Gasteiger partial charge in [0.2, 0.25) is 15.9 Å². The van der Waals surface area contributed by atoms with Gasteiger partial charge in [-0.15, -0.1) is 0 Å². The van der Waals surface area contributed by atoms with Crippen LogP contribution in [-0.4, -0.2) is 62.1 Å². The molecule has 1 saturated heterocycles. The molecule has 0 spiro atoms. The Labute approximate surface area is 204 Å². The zero-order valence-electron chi connectivity index (χ0n) is 19.8. The van der Waals surface area contributed by atoms with E-state index in [-0.39, 0.29) is 16.6 Å². The molecule has 4 rings (SSSR count). The second-order valence-corrected chi connectivity index (χ2v) is 9.92. The Morgan fingerprint density at radius 2 is 1.91 bits per heavy atom. The van der Waals surface area contributed by atoms with Gasteiger partial charge in [-0.2, -0.15) is 4.31 Å². The van der Waals surface area contributed by atoms with Crippen LogP contribution in [0.3, 0.4) is 0 Å². The summed E-state index contributed by atoms with van der Waals surface area (Å²) in [6.07, 6.45) is 5.05. The second-order valence-electron chi connectivity index (χ2n) is 8.01. The fourth-order valence-electron chi connectivity index (χ4n) is 3.84. The van der Waals surface area contributed by atoms with Gasteiger partial charge in [0.05, 0.1) is 7.11 Å². The van der Waals surface area contributed by atoms with Crippen LogP contribution in [0.4, 0.5) is 11.5 Å². The van der Waals surface area contributed by atoms with E-state index in [1.807, 2.05) is 18.2 Å². The number of aryl methyl sites for hydroxylation is 1. The van der Waals surface area contributed by atoms with Gasteiger partial charge in [-0.1, -0.05) is 23.4 Å². The third-order valence-corrected chi connectivity index (χ3v) is 7.55. The summed E-state index contributed by atoms with van der Waals surface area (Å²) < 4.78 is 39.2. The molecule has 1 aromatic carbocycles. The molecule has 0 atom stereocenters. The van der Waals surface area contributed by atoms with E-state index in [4.69, 9.17) is 9.26 Å². The number of carbonyl (C=O) groups excluding carboxylic acids is 1. The molecule has 184 valence electrons. The van der Waals surface area contributed by atoms with Gasteiger partial charge in [-0.3, -0.25) is 4.79 Å². The molecule has 1 amide bonds. The zero-order chi connectivity index (χ0) is 25.0. The van der Waals surface area contributed by atoms with E-state index in [1.165, 1.54) is 18.3 Å². The Morgan fingerprint density at radius 3 is 2.57 bits per heavy atom. The maximum atomic E-state index is 13.5. The van der Waals surface area contributed by atoms with Crippen molar-refractivity contribution < 1.29 is 22.5 Å². The Hall–Kier alpha value is -3.70. The third kappa shape index (κ3) is 5.36. The molecule has 1 aliphatic heterocycles. The maximum Gasteiger partial charge on any atom is 0.246 e. The minimum absolute atomic E-state index is 0.0873. The number of sulfonamides is 1. The van der Waals surface area contributed by atoms with Crippen molar-refractivity contribution in [1.29, 1.82) is 0 Å². The summed E-state index contributed by atoms with van der Waals surface area (Å²) in [7, 11) is -2.36. The lowest BCUT2D eigenvalue weighted by Gasteiger charge is -2.34. The SMILES string of the molecule is COc1ccc(/C=C\c2onc(C)c2NC(C)=O)cc1S(=O)(=O)N1CCN(c2ccccn2)CC1. The molecule has 2 aromatic heterocycles. The Morgan fingerprint density at radius 1 is 1.14 bits per heavy atom. The first kappa shape index (κ1) is 24.4. The van der Waals surface area contributed by atoms with E-state index >= 15 is 0 Å². The summed E-state index contributed by atoms with van der Waals surface area (Å²) in [5.74, 6) is 1.22. The highest BCUT2D eigenvalue weighted by atomic mass is 32.2. The quantitative estimate of drug-likeness (QED) is 0.529. The van der Waals surface area contributed by atoms with E-state index in [0.717, 1.165) is 5.82 Å². The number of hydrogen-bond donors (Lipinski definition) is 1. The lowest BCUT2D eigenvalue weighted by atomic mass is 10.2. The van der Waals surface area contributed by atoms with Crippen molar-refractivity contribution in [2.75, 3.05) is 43.5 Å². The lowest BCUT2D eigenvalue weighted by Crippen LogP contribution is -2.49. The number of nitrogens with one attached hydrogen (secondary N) is 1. The summed E-state index contributed by atoms with van der Waals surface area (Å²) in [4.78, 5) is 18.0. The minimum atomic E-state index is -3.80. The molecule has 0 aliphatic carbocycles. The van der Waals surface area contributed by atoms with Gasteiger partial charge in [-0.05, 0) is 42.8 Å². The number of benzene rings is 1. The van der Waals surface area contributed by atoms with E-state index in [9.17, 15) is 13.2 Å². The first-order valence-corrected chi connectivity index (χ1v) is 12.5. The molecule has 0 unspecified atom stereocenters. The number of aromatic nitrogens is 2. The molecule has 1 N–H and O–H groups in total. The molecule has 0 bridgehead atoms. The molecule has 11 heteroatoms. The van der Waals surface area contributed by atoms with Crippen molar-refractivity contribution >= 4 is 39.6 Å². The van der Waals surface area contributed by atoms with Crippen LogP contribution in [0.2, 0.25) is 0 Å². The van der Waals surface area contributed by atoms with Crippen LogP contribution in [0.15, 0.2) is 52.0 Å². The highest BCUT2D eigenvalue weighted by molar-refractivity contribution is 7.89. The molecule has 0 radical (unpaired) electrons. The van der Waals surface area contributed by atoms with Crippen LogP contribution in [-0.2, 0) is 14.8 Å². The first-order chi connectivity index (χ1) is 16.8. The normalized spacial score (nSPS) is 14.9. The molecular formula is C24H27N5O5S. The number of amides is 1. The molecule has 0 saturated carbocycles. The predicted octanol–water partition coefficient (Wildman–Crippen LogP) is 3.03. The molecule has 1 aliphatic rings. The third-order valence-electron chi connectivity index (χ3n) is 5.63. The number of rotatable bonds is 7. The predicted molar refractivity (Wildman–Crippen MR) is 133 cm³/mol. The lowest BCUT2D eigenvalue weighted by molar-refractivity contribution is -0.114. The van der Waals surface area contributed by atoms with Crippen molar-refractivity contribution in [3.05, 3.63) is 59.6 Å². The number of anilines is 2. The molecule has 35 heavy (non-hydrogen) atoms. The number of ether oxygens (including phenoxy) is 1. The highest BCUT2D eigenvalue weighted by Gasteiger charge is 2.31. The second kappa shape index (κ2) is 10.3. The van der Waals surface area contributed by atoms with E-state index < -0.39 is 10.0 Å². The van der Waals surface area contributed by atoms with Crippen LogP contribution in [0.25, 0.3) is 12.2 Å². The van der Waals surface area contributed by atoms with Gasteiger partial charge in [0, 0.05) is 39.3 Å². The summed E-state index contributed by atoms with van der Waals surface area (Å²) >= 11 is 0. The molecule has 10 nitrogen and oxygen atoms in total. The van der Waals surface area contributed by atoms with Gasteiger partial charge in [0.25, 0.3) is 0 Å². The van der Waals surface area contributed by atoms with Crippen LogP contribution in [0.5, 0.6) is 5.75 Å². The van der Waals surface area contributed by atoms with E-state index in [2.05, 4.69) is 20.4 Å². The number of piperazine rings is 1. The van der Waals surface area contributed by atoms with Crippen LogP contribution >= 0.6 is 0 Å². The topological polar surface area (TPSA) is 118 Å². The van der Waals surface area contributed by atoms with E-state index in [1.54, 1.807) is 43.5 Å². The average molecular weight is 498 g/mol. The number of nitrogens with zero attached hydrogens (tertiary/aromatic N) is 4. The van der Waals surface area contributed by atoms with Gasteiger partial charge >= 0.3 is 0 Å². The number of pyridine rings is 1. The summed E-state index contributed by atoms with van der Waals surface area (Å²) in [6.45, 7) is 4.86. The van der Waals surface area contributed by atoms with Crippen LogP contribution in [0, 0.1) is 6.92 Å². The fourth-order valence-corrected chi connectivity index (χ4v) is 5.45. The standard InChI is InChI=1S/C24H27N5O5S/c1-17-24(26-18(2)30)21(34-27-17)10-8-19-7-9-20(33-3)22(16-19)35(31,32)29-14-12-28(13-15-29)23-6-4-5-11-25-23/h4-11,16H,12-15H2,1-3H3,(H,26,30)/b10-8-. The molecule has 1 fully saturated rings.